The molecule has 0 aliphatic heterocycles. The predicted octanol–water partition coefficient (Wildman–Crippen LogP) is 2.45. The van der Waals surface area contributed by atoms with Gasteiger partial charge in [0.25, 0.3) is 0 Å². The first-order valence-electron chi connectivity index (χ1n) is 7.25. The van der Waals surface area contributed by atoms with Gasteiger partial charge in [-0.15, -0.1) is 12.4 Å². The van der Waals surface area contributed by atoms with Crippen LogP contribution in [0.1, 0.15) is 17.8 Å². The van der Waals surface area contributed by atoms with Crippen LogP contribution < -0.4 is 15.8 Å². The van der Waals surface area contributed by atoms with Gasteiger partial charge in [0.2, 0.25) is 5.91 Å². The number of aryl methyl sites for hydroxylation is 2. The number of aromatic nitrogens is 2. The van der Waals surface area contributed by atoms with Crippen LogP contribution >= 0.6 is 12.4 Å². The number of hydrogen-bond acceptors (Lipinski definition) is 6. The number of nitrogen functional groups attached to an aromatic ring is 1. The van der Waals surface area contributed by atoms with E-state index in [4.69, 9.17) is 10.5 Å². The smallest absolute Gasteiger partial charge is 0.312 e. The highest BCUT2D eigenvalue weighted by molar-refractivity contribution is 5.94. The first kappa shape index (κ1) is 20.2. The van der Waals surface area contributed by atoms with Crippen LogP contribution in [0.4, 0.5) is 17.1 Å². The second kappa shape index (κ2) is 8.34. The highest BCUT2D eigenvalue weighted by Crippen LogP contribution is 2.25. The van der Waals surface area contributed by atoms with Gasteiger partial charge in [0.05, 0.1) is 30.0 Å². The van der Waals surface area contributed by atoms with E-state index in [9.17, 15) is 14.9 Å². The number of amides is 1. The summed E-state index contributed by atoms with van der Waals surface area (Å²) in [5.74, 6) is 0.304. The van der Waals surface area contributed by atoms with Crippen molar-refractivity contribution in [1.82, 2.24) is 9.78 Å². The lowest BCUT2D eigenvalue weighted by atomic mass is 10.2. The number of hydrogen-bond donors (Lipinski definition) is 2. The Balaban J connectivity index is 0.00000312. The maximum Gasteiger partial charge on any atom is 0.312 e. The number of carbonyl (C=O) groups excluding carboxylic acids is 1. The Morgan fingerprint density at radius 1 is 1.44 bits per heavy atom. The van der Waals surface area contributed by atoms with E-state index in [-0.39, 0.29) is 37.0 Å². The molecule has 2 aromatic rings. The monoisotopic (exact) mass is 369 g/mol. The molecule has 9 nitrogen and oxygen atoms in total. The highest BCUT2D eigenvalue weighted by atomic mass is 35.5. The third-order valence-corrected chi connectivity index (χ3v) is 3.61. The molecular weight excluding hydrogens is 350 g/mol. The van der Waals surface area contributed by atoms with E-state index in [0.717, 1.165) is 0 Å². The summed E-state index contributed by atoms with van der Waals surface area (Å²) in [5.41, 5.74) is 7.43. The number of halogens is 1. The molecule has 1 heterocycles. The summed E-state index contributed by atoms with van der Waals surface area (Å²) in [6.07, 6.45) is 0.107. The molecule has 3 N–H and O–H groups in total. The van der Waals surface area contributed by atoms with Gasteiger partial charge in [0.15, 0.2) is 0 Å². The Hall–Kier alpha value is -2.81. The molecular formula is C15H20ClN5O4. The zero-order chi connectivity index (χ0) is 17.9. The van der Waals surface area contributed by atoms with Crippen molar-refractivity contribution in [3.05, 3.63) is 39.7 Å². The fourth-order valence-electron chi connectivity index (χ4n) is 2.36. The minimum Gasteiger partial charge on any atom is -0.497 e. The van der Waals surface area contributed by atoms with Gasteiger partial charge < -0.3 is 15.8 Å². The van der Waals surface area contributed by atoms with Crippen molar-refractivity contribution in [3.8, 4) is 5.75 Å². The minimum atomic E-state index is -0.467. The number of benzene rings is 1. The molecule has 1 aromatic heterocycles. The average molecular weight is 370 g/mol. The lowest BCUT2D eigenvalue weighted by Crippen LogP contribution is -2.16. The summed E-state index contributed by atoms with van der Waals surface area (Å²) in [5, 5.41) is 17.8. The zero-order valence-electron chi connectivity index (χ0n) is 14.1. The van der Waals surface area contributed by atoms with Crippen LogP contribution in [-0.4, -0.2) is 27.7 Å². The molecule has 0 unspecified atom stereocenters. The van der Waals surface area contributed by atoms with Crippen molar-refractivity contribution in [2.24, 2.45) is 0 Å². The predicted molar refractivity (Wildman–Crippen MR) is 96.3 cm³/mol. The van der Waals surface area contributed by atoms with Crippen LogP contribution in [0.2, 0.25) is 0 Å². The van der Waals surface area contributed by atoms with Crippen LogP contribution in [0, 0.1) is 24.0 Å². The van der Waals surface area contributed by atoms with Crippen LogP contribution in [-0.2, 0) is 11.3 Å². The quantitative estimate of drug-likeness (QED) is 0.457. The van der Waals surface area contributed by atoms with Gasteiger partial charge >= 0.3 is 5.69 Å². The first-order chi connectivity index (χ1) is 11.3. The maximum atomic E-state index is 12.1. The van der Waals surface area contributed by atoms with Gasteiger partial charge in [-0.2, -0.15) is 5.10 Å². The van der Waals surface area contributed by atoms with E-state index in [2.05, 4.69) is 10.4 Å². The van der Waals surface area contributed by atoms with Crippen LogP contribution in [0.3, 0.4) is 0 Å². The lowest BCUT2D eigenvalue weighted by molar-refractivity contribution is -0.386. The molecule has 0 atom stereocenters. The fraction of sp³-hybridized carbons (Fsp3) is 0.333. The molecule has 10 heteroatoms. The van der Waals surface area contributed by atoms with E-state index < -0.39 is 4.92 Å². The van der Waals surface area contributed by atoms with Gasteiger partial charge in [-0.1, -0.05) is 0 Å². The third-order valence-electron chi connectivity index (χ3n) is 3.61. The van der Waals surface area contributed by atoms with Gasteiger partial charge in [0.1, 0.15) is 17.1 Å². The SMILES string of the molecule is COc1ccc(N)c(NC(=O)CCn2nc(C)c([N+](=O)[O-])c2C)c1.Cl. The number of methoxy groups -OCH3 is 1. The second-order valence-electron chi connectivity index (χ2n) is 5.25. The van der Waals surface area contributed by atoms with E-state index >= 15 is 0 Å². The minimum absolute atomic E-state index is 0. The summed E-state index contributed by atoms with van der Waals surface area (Å²) in [4.78, 5) is 22.6. The first-order valence-corrected chi connectivity index (χ1v) is 7.25. The van der Waals surface area contributed by atoms with Crippen LogP contribution in [0.25, 0.3) is 0 Å². The van der Waals surface area contributed by atoms with E-state index in [1.807, 2.05) is 0 Å². The van der Waals surface area contributed by atoms with E-state index in [1.165, 1.54) is 11.8 Å². The molecule has 0 saturated carbocycles. The van der Waals surface area contributed by atoms with Crippen molar-refractivity contribution in [3.63, 3.8) is 0 Å². The third kappa shape index (κ3) is 4.60. The molecule has 0 bridgehead atoms. The molecule has 1 aromatic carbocycles. The van der Waals surface area contributed by atoms with E-state index in [1.54, 1.807) is 32.0 Å². The number of nitrogens with zero attached hydrogens (tertiary/aromatic N) is 3. The molecule has 0 fully saturated rings. The zero-order valence-corrected chi connectivity index (χ0v) is 14.9. The van der Waals surface area contributed by atoms with Gasteiger partial charge in [-0.25, -0.2) is 0 Å². The Morgan fingerprint density at radius 2 is 2.12 bits per heavy atom. The van der Waals surface area contributed by atoms with Crippen molar-refractivity contribution in [2.75, 3.05) is 18.2 Å². The lowest BCUT2D eigenvalue weighted by Gasteiger charge is -2.10. The maximum absolute atomic E-state index is 12.1. The molecule has 2 rings (SSSR count). The summed E-state index contributed by atoms with van der Waals surface area (Å²) in [6, 6.07) is 4.96. The van der Waals surface area contributed by atoms with Gasteiger partial charge in [-0.05, 0) is 26.0 Å². The number of nitrogens with one attached hydrogen (secondary N) is 1. The van der Waals surface area contributed by atoms with Crippen molar-refractivity contribution < 1.29 is 14.5 Å². The summed E-state index contributed by atoms with van der Waals surface area (Å²) >= 11 is 0. The number of ether oxygens (including phenoxy) is 1. The van der Waals surface area contributed by atoms with Gasteiger partial charge in [0, 0.05) is 12.5 Å². The van der Waals surface area contributed by atoms with Crippen LogP contribution in [0.15, 0.2) is 18.2 Å². The average Bonchev–Trinajstić information content (AvgIpc) is 2.81. The topological polar surface area (TPSA) is 125 Å². The van der Waals surface area contributed by atoms with E-state index in [0.29, 0.717) is 28.5 Å². The summed E-state index contributed by atoms with van der Waals surface area (Å²) < 4.78 is 6.55. The second-order valence-corrected chi connectivity index (χ2v) is 5.25. The van der Waals surface area contributed by atoms with Crippen molar-refractivity contribution in [1.29, 1.82) is 0 Å². The summed E-state index contributed by atoms with van der Waals surface area (Å²) in [6.45, 7) is 3.41. The molecule has 0 aliphatic rings. The molecule has 25 heavy (non-hydrogen) atoms. The number of carbonyl (C=O) groups is 1. The normalized spacial score (nSPS) is 10.0. The molecule has 0 aliphatic carbocycles. The number of anilines is 2. The summed E-state index contributed by atoms with van der Waals surface area (Å²) in [7, 11) is 1.52. The van der Waals surface area contributed by atoms with Crippen LogP contribution in [0.5, 0.6) is 5.75 Å². The fourth-order valence-corrected chi connectivity index (χ4v) is 2.36. The molecule has 136 valence electrons. The van der Waals surface area contributed by atoms with Crippen molar-refractivity contribution >= 4 is 35.4 Å². The molecule has 0 saturated heterocycles. The number of rotatable bonds is 6. The van der Waals surface area contributed by atoms with Crippen molar-refractivity contribution in [2.45, 2.75) is 26.8 Å². The Bertz CT molecular complexity index is 790. The number of nitro groups is 1. The Labute approximate surface area is 150 Å². The van der Waals surface area contributed by atoms with Gasteiger partial charge in [-0.3, -0.25) is 19.6 Å². The molecule has 0 spiro atoms. The molecule has 1 amide bonds. The standard InChI is InChI=1S/C15H19N5O4.ClH/c1-9-15(20(22)23)10(2)19(18-9)7-6-14(21)17-13-8-11(24-3)4-5-12(13)16;/h4-5,8H,6-7,16H2,1-3H3,(H,17,21);1H. The highest BCUT2D eigenvalue weighted by Gasteiger charge is 2.21. The Morgan fingerprint density at radius 3 is 2.68 bits per heavy atom. The Kier molecular flexibility index (Phi) is 6.75. The largest absolute Gasteiger partial charge is 0.497 e. The molecule has 0 radical (unpaired) electrons. The number of nitrogens with two attached hydrogens (primary N) is 1.